The number of anilines is 1. The Labute approximate surface area is 114 Å². The van der Waals surface area contributed by atoms with Crippen molar-refractivity contribution in [3.63, 3.8) is 0 Å². The van der Waals surface area contributed by atoms with E-state index >= 15 is 0 Å². The monoisotopic (exact) mass is 264 g/mol. The Kier molecular flexibility index (Phi) is 4.60. The second-order valence-corrected chi connectivity index (χ2v) is 5.54. The van der Waals surface area contributed by atoms with Crippen LogP contribution >= 0.6 is 0 Å². The summed E-state index contributed by atoms with van der Waals surface area (Å²) in [6, 6.07) is 6.59. The second-order valence-electron chi connectivity index (χ2n) is 5.54. The molecule has 0 bridgehead atoms. The van der Waals surface area contributed by atoms with E-state index in [0.29, 0.717) is 13.2 Å². The molecular formula is C13H21BN2O3. The fourth-order valence-corrected chi connectivity index (χ4v) is 1.27. The maximum Gasteiger partial charge on any atom is 0.316 e. The Bertz CT molecular complexity index is 438. The lowest BCUT2D eigenvalue weighted by molar-refractivity contribution is -0.0893. The van der Waals surface area contributed by atoms with Crippen LogP contribution in [0.25, 0.3) is 0 Å². The van der Waals surface area contributed by atoms with E-state index in [9.17, 15) is 9.90 Å². The first-order chi connectivity index (χ1) is 8.62. The SMILES string of the molecule is CC(C)(O)C(C)(C)OBc1ccc(NC(N)=O)cc1. The van der Waals surface area contributed by atoms with Crippen LogP contribution in [0, 0.1) is 0 Å². The van der Waals surface area contributed by atoms with Crippen LogP contribution in [0.15, 0.2) is 24.3 Å². The Morgan fingerprint density at radius 2 is 1.79 bits per heavy atom. The maximum atomic E-state index is 10.7. The van der Waals surface area contributed by atoms with Gasteiger partial charge in [0.15, 0.2) is 0 Å². The Hall–Kier alpha value is -1.53. The highest BCUT2D eigenvalue weighted by Gasteiger charge is 2.35. The number of benzene rings is 1. The van der Waals surface area contributed by atoms with Crippen LogP contribution < -0.4 is 16.5 Å². The summed E-state index contributed by atoms with van der Waals surface area (Å²) in [5, 5.41) is 12.5. The van der Waals surface area contributed by atoms with Gasteiger partial charge in [-0.25, -0.2) is 4.79 Å². The molecular weight excluding hydrogens is 243 g/mol. The van der Waals surface area contributed by atoms with Crippen LogP contribution in [0.1, 0.15) is 27.7 Å². The van der Waals surface area contributed by atoms with Crippen molar-refractivity contribution in [1.82, 2.24) is 0 Å². The molecule has 5 nitrogen and oxygen atoms in total. The van der Waals surface area contributed by atoms with Gasteiger partial charge in [0, 0.05) is 5.69 Å². The number of carbonyl (C=O) groups excluding carboxylic acids is 1. The van der Waals surface area contributed by atoms with Crippen LogP contribution in [-0.4, -0.2) is 29.8 Å². The topological polar surface area (TPSA) is 84.6 Å². The van der Waals surface area contributed by atoms with Crippen LogP contribution in [0.5, 0.6) is 0 Å². The van der Waals surface area contributed by atoms with Gasteiger partial charge in [0.1, 0.15) is 0 Å². The number of rotatable bonds is 5. The molecule has 0 saturated heterocycles. The first-order valence-corrected chi connectivity index (χ1v) is 6.13. The number of aliphatic hydroxyl groups is 1. The molecule has 0 aliphatic heterocycles. The van der Waals surface area contributed by atoms with Gasteiger partial charge >= 0.3 is 13.5 Å². The van der Waals surface area contributed by atoms with Gasteiger partial charge in [-0.1, -0.05) is 17.6 Å². The minimum absolute atomic E-state index is 0.383. The minimum Gasteiger partial charge on any atom is -0.427 e. The van der Waals surface area contributed by atoms with E-state index in [1.165, 1.54) is 0 Å². The number of hydrogen-bond donors (Lipinski definition) is 3. The number of primary amides is 1. The summed E-state index contributed by atoms with van der Waals surface area (Å²) in [4.78, 5) is 10.7. The molecule has 104 valence electrons. The first-order valence-electron chi connectivity index (χ1n) is 6.13. The zero-order valence-electron chi connectivity index (χ0n) is 11.9. The lowest BCUT2D eigenvalue weighted by atomic mass is 9.82. The molecule has 2 amide bonds. The number of nitrogens with one attached hydrogen (secondary N) is 1. The van der Waals surface area contributed by atoms with Gasteiger partial charge in [0.2, 0.25) is 0 Å². The van der Waals surface area contributed by atoms with Crippen molar-refractivity contribution < 1.29 is 14.6 Å². The van der Waals surface area contributed by atoms with Crippen LogP contribution in [0.4, 0.5) is 10.5 Å². The van der Waals surface area contributed by atoms with Crippen LogP contribution in [-0.2, 0) is 4.65 Å². The fraction of sp³-hybridized carbons (Fsp3) is 0.462. The molecule has 1 aromatic carbocycles. The van der Waals surface area contributed by atoms with E-state index in [2.05, 4.69) is 5.32 Å². The van der Waals surface area contributed by atoms with Gasteiger partial charge < -0.3 is 20.8 Å². The summed E-state index contributed by atoms with van der Waals surface area (Å²) >= 11 is 0. The highest BCUT2D eigenvalue weighted by atomic mass is 16.5. The lowest BCUT2D eigenvalue weighted by Gasteiger charge is -2.37. The third-order valence-corrected chi connectivity index (χ3v) is 3.29. The molecule has 0 fully saturated rings. The highest BCUT2D eigenvalue weighted by Crippen LogP contribution is 2.24. The van der Waals surface area contributed by atoms with Gasteiger partial charge in [0.05, 0.1) is 11.2 Å². The second kappa shape index (κ2) is 5.63. The number of urea groups is 1. The predicted molar refractivity (Wildman–Crippen MR) is 77.9 cm³/mol. The Morgan fingerprint density at radius 1 is 1.26 bits per heavy atom. The van der Waals surface area contributed by atoms with Gasteiger partial charge in [-0.05, 0) is 39.8 Å². The first kappa shape index (κ1) is 15.5. The van der Waals surface area contributed by atoms with Crippen molar-refractivity contribution in [3.05, 3.63) is 24.3 Å². The predicted octanol–water partition coefficient (Wildman–Crippen LogP) is 0.720. The third-order valence-electron chi connectivity index (χ3n) is 3.29. The van der Waals surface area contributed by atoms with Gasteiger partial charge in [0.25, 0.3) is 0 Å². The summed E-state index contributed by atoms with van der Waals surface area (Å²) in [6.45, 7) is 7.12. The van der Waals surface area contributed by atoms with Crippen molar-refractivity contribution in [3.8, 4) is 0 Å². The molecule has 19 heavy (non-hydrogen) atoms. The molecule has 0 aliphatic carbocycles. The molecule has 0 spiro atoms. The summed E-state index contributed by atoms with van der Waals surface area (Å²) < 4.78 is 5.74. The maximum absolute atomic E-state index is 10.7. The molecule has 0 aromatic heterocycles. The molecule has 0 radical (unpaired) electrons. The van der Waals surface area contributed by atoms with E-state index in [4.69, 9.17) is 10.4 Å². The van der Waals surface area contributed by atoms with Crippen molar-refractivity contribution in [2.75, 3.05) is 5.32 Å². The van der Waals surface area contributed by atoms with Crippen molar-refractivity contribution in [1.29, 1.82) is 0 Å². The van der Waals surface area contributed by atoms with E-state index < -0.39 is 17.2 Å². The van der Waals surface area contributed by atoms with Gasteiger partial charge in [-0.2, -0.15) is 0 Å². The summed E-state index contributed by atoms with van der Waals surface area (Å²) in [7, 11) is 0.383. The normalized spacial score (nSPS) is 12.1. The largest absolute Gasteiger partial charge is 0.427 e. The van der Waals surface area contributed by atoms with Crippen LogP contribution in [0.3, 0.4) is 0 Å². The zero-order valence-corrected chi connectivity index (χ0v) is 11.9. The molecule has 0 saturated carbocycles. The number of carbonyl (C=O) groups is 1. The molecule has 4 N–H and O–H groups in total. The molecule has 6 heteroatoms. The fourth-order valence-electron chi connectivity index (χ4n) is 1.27. The van der Waals surface area contributed by atoms with Crippen molar-refractivity contribution in [2.24, 2.45) is 5.73 Å². The summed E-state index contributed by atoms with van der Waals surface area (Å²) in [5.74, 6) is 0. The average Bonchev–Trinajstić information content (AvgIpc) is 2.26. The smallest absolute Gasteiger partial charge is 0.316 e. The Morgan fingerprint density at radius 3 is 2.21 bits per heavy atom. The lowest BCUT2D eigenvalue weighted by Crippen LogP contribution is -2.49. The standard InChI is InChI=1S/C13H21BN2O3/c1-12(2,18)13(3,4)19-14-9-5-7-10(8-6-9)16-11(15)17/h5-8,14,18H,1-4H3,(H3,15,16,17). The van der Waals surface area contributed by atoms with E-state index in [1.54, 1.807) is 26.0 Å². The van der Waals surface area contributed by atoms with E-state index in [0.717, 1.165) is 5.46 Å². The molecule has 0 unspecified atom stereocenters. The number of hydrogen-bond acceptors (Lipinski definition) is 3. The molecule has 0 heterocycles. The zero-order chi connectivity index (χ0) is 14.7. The Balaban J connectivity index is 2.62. The van der Waals surface area contributed by atoms with Gasteiger partial charge in [-0.3, -0.25) is 0 Å². The third kappa shape index (κ3) is 4.57. The molecule has 0 atom stereocenters. The molecule has 1 aromatic rings. The van der Waals surface area contributed by atoms with Crippen molar-refractivity contribution in [2.45, 2.75) is 38.9 Å². The highest BCUT2D eigenvalue weighted by molar-refractivity contribution is 6.47. The van der Waals surface area contributed by atoms with E-state index in [1.807, 2.05) is 26.0 Å². The van der Waals surface area contributed by atoms with Crippen LogP contribution in [0.2, 0.25) is 0 Å². The number of amides is 2. The molecule has 1 rings (SSSR count). The average molecular weight is 264 g/mol. The van der Waals surface area contributed by atoms with Crippen molar-refractivity contribution >= 4 is 24.7 Å². The van der Waals surface area contributed by atoms with Gasteiger partial charge in [-0.15, -0.1) is 0 Å². The minimum atomic E-state index is -0.930. The summed E-state index contributed by atoms with van der Waals surface area (Å²) in [5.41, 5.74) is 5.03. The van der Waals surface area contributed by atoms with E-state index in [-0.39, 0.29) is 0 Å². The number of nitrogens with two attached hydrogens (primary N) is 1. The molecule has 0 aliphatic rings. The summed E-state index contributed by atoms with van der Waals surface area (Å²) in [6.07, 6.45) is 0. The quantitative estimate of drug-likeness (QED) is 0.685.